The minimum absolute atomic E-state index is 0.395. The highest BCUT2D eigenvalue weighted by molar-refractivity contribution is 5.79. The van der Waals surface area contributed by atoms with Crippen molar-refractivity contribution in [2.75, 3.05) is 13.7 Å². The van der Waals surface area contributed by atoms with Crippen molar-refractivity contribution < 1.29 is 4.74 Å². The van der Waals surface area contributed by atoms with Crippen molar-refractivity contribution in [2.45, 2.75) is 39.8 Å². The fourth-order valence-corrected chi connectivity index (χ4v) is 1.53. The van der Waals surface area contributed by atoms with Gasteiger partial charge in [-0.25, -0.2) is 4.98 Å². The Bertz CT molecular complexity index is 406. The van der Waals surface area contributed by atoms with E-state index in [0.717, 1.165) is 17.9 Å². The van der Waals surface area contributed by atoms with E-state index in [1.54, 1.807) is 13.2 Å². The van der Waals surface area contributed by atoms with E-state index in [-0.39, 0.29) is 0 Å². The van der Waals surface area contributed by atoms with Gasteiger partial charge >= 0.3 is 0 Å². The first kappa shape index (κ1) is 15.3. The van der Waals surface area contributed by atoms with Crippen LogP contribution in [0.5, 0.6) is 5.88 Å². The average molecular weight is 264 g/mol. The number of aromatic nitrogens is 1. The summed E-state index contributed by atoms with van der Waals surface area (Å²) < 4.78 is 5.49. The summed E-state index contributed by atoms with van der Waals surface area (Å²) in [6, 6.07) is 4.30. The van der Waals surface area contributed by atoms with Crippen LogP contribution in [0.3, 0.4) is 0 Å². The van der Waals surface area contributed by atoms with E-state index in [1.807, 2.05) is 19.1 Å². The van der Waals surface area contributed by atoms with Gasteiger partial charge in [0.2, 0.25) is 5.88 Å². The van der Waals surface area contributed by atoms with E-state index in [1.165, 1.54) is 0 Å². The molecule has 0 aliphatic rings. The van der Waals surface area contributed by atoms with Crippen molar-refractivity contribution in [3.63, 3.8) is 0 Å². The molecule has 2 N–H and O–H groups in total. The molecule has 1 atom stereocenters. The first-order valence-corrected chi connectivity index (χ1v) is 6.75. The van der Waals surface area contributed by atoms with Gasteiger partial charge in [-0.05, 0) is 26.3 Å². The standard InChI is InChI=1S/C14H24N4O/c1-5-11(3)18-14(15-4)17-10-12-8-7-9-16-13(12)19-6-2/h7-9,11H,5-6,10H2,1-4H3,(H2,15,17,18). The zero-order valence-electron chi connectivity index (χ0n) is 12.2. The Kier molecular flexibility index (Phi) is 6.71. The zero-order chi connectivity index (χ0) is 14.1. The summed E-state index contributed by atoms with van der Waals surface area (Å²) in [6.07, 6.45) is 2.79. The Morgan fingerprint density at radius 2 is 2.26 bits per heavy atom. The van der Waals surface area contributed by atoms with Gasteiger partial charge in [0.1, 0.15) is 0 Å². The Morgan fingerprint density at radius 3 is 2.89 bits per heavy atom. The Labute approximate surface area is 115 Å². The monoisotopic (exact) mass is 264 g/mol. The SMILES string of the molecule is CCOc1ncccc1CNC(=NC)NC(C)CC. The average Bonchev–Trinajstić information content (AvgIpc) is 2.44. The number of ether oxygens (including phenoxy) is 1. The molecular formula is C14H24N4O. The molecule has 0 saturated carbocycles. The summed E-state index contributed by atoms with van der Waals surface area (Å²) in [6.45, 7) is 7.47. The molecule has 106 valence electrons. The minimum Gasteiger partial charge on any atom is -0.478 e. The van der Waals surface area contributed by atoms with E-state index >= 15 is 0 Å². The molecule has 0 bridgehead atoms. The molecule has 0 aromatic carbocycles. The number of guanidine groups is 1. The molecule has 1 rings (SSSR count). The van der Waals surface area contributed by atoms with Gasteiger partial charge in [0.15, 0.2) is 5.96 Å². The van der Waals surface area contributed by atoms with Crippen LogP contribution in [0, 0.1) is 0 Å². The molecule has 1 unspecified atom stereocenters. The van der Waals surface area contributed by atoms with Crippen molar-refractivity contribution in [3.05, 3.63) is 23.9 Å². The lowest BCUT2D eigenvalue weighted by Crippen LogP contribution is -2.41. The van der Waals surface area contributed by atoms with Crippen LogP contribution in [0.4, 0.5) is 0 Å². The van der Waals surface area contributed by atoms with Crippen LogP contribution in [0.1, 0.15) is 32.8 Å². The third-order valence-electron chi connectivity index (χ3n) is 2.80. The van der Waals surface area contributed by atoms with Crippen molar-refractivity contribution >= 4 is 5.96 Å². The van der Waals surface area contributed by atoms with Crippen molar-refractivity contribution in [2.24, 2.45) is 4.99 Å². The second kappa shape index (κ2) is 8.34. The fraction of sp³-hybridized carbons (Fsp3) is 0.571. The number of hydrogen-bond acceptors (Lipinski definition) is 3. The second-order valence-electron chi connectivity index (χ2n) is 4.28. The van der Waals surface area contributed by atoms with Crippen molar-refractivity contribution in [1.29, 1.82) is 0 Å². The number of nitrogens with zero attached hydrogens (tertiary/aromatic N) is 2. The lowest BCUT2D eigenvalue weighted by molar-refractivity contribution is 0.322. The van der Waals surface area contributed by atoms with E-state index in [0.29, 0.717) is 25.1 Å². The number of nitrogens with one attached hydrogen (secondary N) is 2. The predicted molar refractivity (Wildman–Crippen MR) is 78.5 cm³/mol. The van der Waals surface area contributed by atoms with Crippen LogP contribution < -0.4 is 15.4 Å². The minimum atomic E-state index is 0.395. The van der Waals surface area contributed by atoms with Crippen LogP contribution in [0.25, 0.3) is 0 Å². The number of hydrogen-bond donors (Lipinski definition) is 2. The van der Waals surface area contributed by atoms with Crippen LogP contribution in [-0.4, -0.2) is 30.6 Å². The van der Waals surface area contributed by atoms with Crippen LogP contribution >= 0.6 is 0 Å². The maximum absolute atomic E-state index is 5.49. The third-order valence-corrected chi connectivity index (χ3v) is 2.80. The highest BCUT2D eigenvalue weighted by Gasteiger charge is 2.06. The van der Waals surface area contributed by atoms with E-state index in [2.05, 4.69) is 34.5 Å². The number of rotatable bonds is 6. The molecule has 0 fully saturated rings. The van der Waals surface area contributed by atoms with Crippen molar-refractivity contribution in [1.82, 2.24) is 15.6 Å². The molecular weight excluding hydrogens is 240 g/mol. The Hall–Kier alpha value is -1.78. The lowest BCUT2D eigenvalue weighted by Gasteiger charge is -2.17. The largest absolute Gasteiger partial charge is 0.478 e. The van der Waals surface area contributed by atoms with Crippen LogP contribution in [0.2, 0.25) is 0 Å². The summed E-state index contributed by atoms with van der Waals surface area (Å²) in [5, 5.41) is 6.58. The molecule has 5 heteroatoms. The molecule has 0 radical (unpaired) electrons. The quantitative estimate of drug-likeness (QED) is 0.609. The van der Waals surface area contributed by atoms with E-state index < -0.39 is 0 Å². The number of pyridine rings is 1. The van der Waals surface area contributed by atoms with Gasteiger partial charge in [-0.15, -0.1) is 0 Å². The first-order chi connectivity index (χ1) is 9.21. The summed E-state index contributed by atoms with van der Waals surface area (Å²) >= 11 is 0. The van der Waals surface area contributed by atoms with Gasteiger partial charge in [-0.3, -0.25) is 4.99 Å². The first-order valence-electron chi connectivity index (χ1n) is 6.75. The maximum atomic E-state index is 5.49. The predicted octanol–water partition coefficient (Wildman–Crippen LogP) is 1.94. The molecule has 0 amide bonds. The van der Waals surface area contributed by atoms with E-state index in [4.69, 9.17) is 4.74 Å². The fourth-order valence-electron chi connectivity index (χ4n) is 1.53. The summed E-state index contributed by atoms with van der Waals surface area (Å²) in [7, 11) is 1.77. The van der Waals surface area contributed by atoms with Gasteiger partial charge < -0.3 is 15.4 Å². The molecule has 19 heavy (non-hydrogen) atoms. The van der Waals surface area contributed by atoms with Crippen LogP contribution in [0.15, 0.2) is 23.3 Å². The Balaban J connectivity index is 2.60. The van der Waals surface area contributed by atoms with Gasteiger partial charge in [-0.1, -0.05) is 13.0 Å². The van der Waals surface area contributed by atoms with Gasteiger partial charge in [0.05, 0.1) is 6.61 Å². The summed E-state index contributed by atoms with van der Waals surface area (Å²) in [4.78, 5) is 8.43. The molecule has 5 nitrogen and oxygen atoms in total. The zero-order valence-corrected chi connectivity index (χ0v) is 12.2. The molecule has 0 saturated heterocycles. The molecule has 0 aliphatic carbocycles. The topological polar surface area (TPSA) is 58.5 Å². The van der Waals surface area contributed by atoms with Gasteiger partial charge in [0, 0.05) is 31.4 Å². The van der Waals surface area contributed by atoms with Crippen LogP contribution in [-0.2, 0) is 6.54 Å². The second-order valence-corrected chi connectivity index (χ2v) is 4.28. The molecule has 0 aliphatic heterocycles. The normalized spacial score (nSPS) is 12.9. The highest BCUT2D eigenvalue weighted by Crippen LogP contribution is 2.13. The summed E-state index contributed by atoms with van der Waals surface area (Å²) in [5.41, 5.74) is 1.02. The lowest BCUT2D eigenvalue weighted by atomic mass is 10.2. The smallest absolute Gasteiger partial charge is 0.218 e. The molecule has 1 heterocycles. The van der Waals surface area contributed by atoms with Gasteiger partial charge in [0.25, 0.3) is 0 Å². The number of aliphatic imine (C=N–C) groups is 1. The van der Waals surface area contributed by atoms with Crippen molar-refractivity contribution in [3.8, 4) is 5.88 Å². The molecule has 1 aromatic rings. The van der Waals surface area contributed by atoms with E-state index in [9.17, 15) is 0 Å². The molecule has 0 spiro atoms. The highest BCUT2D eigenvalue weighted by atomic mass is 16.5. The van der Waals surface area contributed by atoms with Gasteiger partial charge in [-0.2, -0.15) is 0 Å². The Morgan fingerprint density at radius 1 is 1.47 bits per heavy atom. The molecule has 1 aromatic heterocycles. The summed E-state index contributed by atoms with van der Waals surface area (Å²) in [5.74, 6) is 1.47. The maximum Gasteiger partial charge on any atom is 0.218 e. The third kappa shape index (κ3) is 5.16.